The van der Waals surface area contributed by atoms with Gasteiger partial charge in [-0.3, -0.25) is 4.99 Å². The number of carbonyl (C=O) groups is 1. The average Bonchev–Trinajstić information content (AvgIpc) is 3.28. The van der Waals surface area contributed by atoms with Crippen LogP contribution in [-0.4, -0.2) is 62.4 Å². The first-order valence-corrected chi connectivity index (χ1v) is 11.5. The van der Waals surface area contributed by atoms with Crippen LogP contribution in [0.2, 0.25) is 0 Å². The normalized spacial score (nSPS) is 20.4. The molecule has 2 fully saturated rings. The number of benzene rings is 1. The summed E-state index contributed by atoms with van der Waals surface area (Å²) in [6, 6.07) is 6.53. The number of hydrogen-bond acceptors (Lipinski definition) is 5. The van der Waals surface area contributed by atoms with Gasteiger partial charge in [-0.05, 0) is 50.3 Å². The summed E-state index contributed by atoms with van der Waals surface area (Å²) < 4.78 is 16.6. The van der Waals surface area contributed by atoms with E-state index < -0.39 is 0 Å². The van der Waals surface area contributed by atoms with Gasteiger partial charge in [0.15, 0.2) is 17.5 Å². The van der Waals surface area contributed by atoms with Crippen molar-refractivity contribution >= 4 is 36.0 Å². The standard InChI is InChI=1S/C23H34N4O4.HI/c1-2-29-22(28)27-11-7-18(8-12-27)26-21(24)25-16-23(9-3-4-10-23)17-5-6-19-20(15-17)31-14-13-30-19;/h5-6,15,18H,2-4,7-14,16H2,1H3,(H3,24,25,26);1H. The lowest BCUT2D eigenvalue weighted by Gasteiger charge is -2.32. The topological polar surface area (TPSA) is 98.4 Å². The van der Waals surface area contributed by atoms with Crippen LogP contribution in [0.1, 0.15) is 51.0 Å². The van der Waals surface area contributed by atoms with Crippen molar-refractivity contribution in [1.82, 2.24) is 10.2 Å². The first-order valence-electron chi connectivity index (χ1n) is 11.5. The summed E-state index contributed by atoms with van der Waals surface area (Å²) in [4.78, 5) is 18.4. The van der Waals surface area contributed by atoms with Crippen LogP contribution in [0.5, 0.6) is 11.5 Å². The Hall–Kier alpha value is -1.91. The molecule has 0 unspecified atom stereocenters. The Morgan fingerprint density at radius 2 is 1.91 bits per heavy atom. The SMILES string of the molecule is CCOC(=O)N1CCC(NC(N)=NCC2(c3ccc4c(c3)OCCO4)CCCC2)CC1.I. The monoisotopic (exact) mass is 558 g/mol. The van der Waals surface area contributed by atoms with Crippen LogP contribution in [-0.2, 0) is 10.2 Å². The zero-order chi connectivity index (χ0) is 21.7. The number of nitrogens with one attached hydrogen (secondary N) is 1. The molecule has 2 aliphatic heterocycles. The quantitative estimate of drug-likeness (QED) is 0.327. The Morgan fingerprint density at radius 3 is 2.59 bits per heavy atom. The number of nitrogens with two attached hydrogens (primary N) is 1. The molecule has 0 bridgehead atoms. The average molecular weight is 558 g/mol. The molecular weight excluding hydrogens is 523 g/mol. The number of fused-ring (bicyclic) bond motifs is 1. The molecule has 0 radical (unpaired) electrons. The molecule has 1 aromatic rings. The van der Waals surface area contributed by atoms with Gasteiger partial charge in [0, 0.05) is 24.5 Å². The van der Waals surface area contributed by atoms with Crippen molar-refractivity contribution in [3.8, 4) is 11.5 Å². The molecule has 1 amide bonds. The third-order valence-corrected chi connectivity index (χ3v) is 6.64. The zero-order valence-electron chi connectivity index (χ0n) is 18.8. The minimum Gasteiger partial charge on any atom is -0.486 e. The highest BCUT2D eigenvalue weighted by atomic mass is 127. The lowest BCUT2D eigenvalue weighted by molar-refractivity contribution is 0.0963. The lowest BCUT2D eigenvalue weighted by atomic mass is 9.79. The predicted molar refractivity (Wildman–Crippen MR) is 134 cm³/mol. The molecule has 2 heterocycles. The van der Waals surface area contributed by atoms with Gasteiger partial charge in [-0.2, -0.15) is 0 Å². The van der Waals surface area contributed by atoms with Gasteiger partial charge in [0.05, 0.1) is 13.2 Å². The molecule has 178 valence electrons. The third-order valence-electron chi connectivity index (χ3n) is 6.64. The molecule has 0 aromatic heterocycles. The second kappa shape index (κ2) is 11.3. The van der Waals surface area contributed by atoms with E-state index in [2.05, 4.69) is 17.4 Å². The molecule has 0 atom stereocenters. The number of guanidine groups is 1. The number of carbonyl (C=O) groups excluding carboxylic acids is 1. The Balaban J connectivity index is 0.00000289. The summed E-state index contributed by atoms with van der Waals surface area (Å²) in [5, 5.41) is 3.36. The molecule has 1 aromatic carbocycles. The number of amides is 1. The largest absolute Gasteiger partial charge is 0.486 e. The van der Waals surface area contributed by atoms with Crippen LogP contribution >= 0.6 is 24.0 Å². The summed E-state index contributed by atoms with van der Waals surface area (Å²) >= 11 is 0. The van der Waals surface area contributed by atoms with Crippen LogP contribution in [0.3, 0.4) is 0 Å². The molecule has 4 rings (SSSR count). The maximum absolute atomic E-state index is 11.9. The van der Waals surface area contributed by atoms with E-state index in [4.69, 9.17) is 24.9 Å². The summed E-state index contributed by atoms with van der Waals surface area (Å²) in [5.74, 6) is 2.14. The fraction of sp³-hybridized carbons (Fsp3) is 0.652. The predicted octanol–water partition coefficient (Wildman–Crippen LogP) is 3.41. The molecule has 32 heavy (non-hydrogen) atoms. The van der Waals surface area contributed by atoms with Crippen LogP contribution in [0, 0.1) is 0 Å². The van der Waals surface area contributed by atoms with E-state index in [-0.39, 0.29) is 41.5 Å². The van der Waals surface area contributed by atoms with Gasteiger partial charge < -0.3 is 30.2 Å². The molecule has 1 saturated heterocycles. The smallest absolute Gasteiger partial charge is 0.409 e. The fourth-order valence-electron chi connectivity index (χ4n) is 4.88. The number of hydrogen-bond donors (Lipinski definition) is 2. The molecule has 1 saturated carbocycles. The van der Waals surface area contributed by atoms with Gasteiger partial charge in [-0.15, -0.1) is 24.0 Å². The minimum atomic E-state index is -0.231. The first-order chi connectivity index (χ1) is 15.1. The highest BCUT2D eigenvalue weighted by molar-refractivity contribution is 14.0. The molecular formula is C23H35IN4O4. The zero-order valence-corrected chi connectivity index (χ0v) is 21.1. The number of likely N-dealkylation sites (tertiary alicyclic amines) is 1. The summed E-state index contributed by atoms with van der Waals surface area (Å²) in [7, 11) is 0. The van der Waals surface area contributed by atoms with Gasteiger partial charge in [-0.1, -0.05) is 18.9 Å². The van der Waals surface area contributed by atoms with Crippen molar-refractivity contribution in [3.63, 3.8) is 0 Å². The van der Waals surface area contributed by atoms with Crippen LogP contribution in [0.25, 0.3) is 0 Å². The van der Waals surface area contributed by atoms with Crippen molar-refractivity contribution in [2.45, 2.75) is 56.9 Å². The Kier molecular flexibility index (Phi) is 8.72. The van der Waals surface area contributed by atoms with Crippen LogP contribution < -0.4 is 20.5 Å². The number of nitrogens with zero attached hydrogens (tertiary/aromatic N) is 2. The van der Waals surface area contributed by atoms with Crippen LogP contribution in [0.15, 0.2) is 23.2 Å². The van der Waals surface area contributed by atoms with Crippen molar-refractivity contribution in [2.75, 3.05) is 39.5 Å². The van der Waals surface area contributed by atoms with E-state index >= 15 is 0 Å². The Bertz CT molecular complexity index is 805. The number of piperidine rings is 1. The third kappa shape index (κ3) is 5.71. The van der Waals surface area contributed by atoms with Gasteiger partial charge in [0.2, 0.25) is 0 Å². The molecule has 3 N–H and O–H groups in total. The second-order valence-corrected chi connectivity index (χ2v) is 8.65. The van der Waals surface area contributed by atoms with Crippen LogP contribution in [0.4, 0.5) is 4.79 Å². The van der Waals surface area contributed by atoms with Crippen molar-refractivity contribution < 1.29 is 19.0 Å². The molecule has 1 aliphatic carbocycles. The molecule has 9 heteroatoms. The second-order valence-electron chi connectivity index (χ2n) is 8.65. The van der Waals surface area contributed by atoms with Gasteiger partial charge in [0.1, 0.15) is 13.2 Å². The molecule has 3 aliphatic rings. The first kappa shape index (κ1) is 24.7. The van der Waals surface area contributed by atoms with Gasteiger partial charge in [0.25, 0.3) is 0 Å². The van der Waals surface area contributed by atoms with E-state index in [0.717, 1.165) is 37.2 Å². The van der Waals surface area contributed by atoms with E-state index in [9.17, 15) is 4.79 Å². The highest BCUT2D eigenvalue weighted by Crippen LogP contribution is 2.44. The number of aliphatic imine (C=N–C) groups is 1. The maximum Gasteiger partial charge on any atom is 0.409 e. The Labute approximate surface area is 207 Å². The number of halogens is 1. The molecule has 0 spiro atoms. The van der Waals surface area contributed by atoms with E-state index in [1.54, 1.807) is 4.90 Å². The number of rotatable bonds is 5. The maximum atomic E-state index is 11.9. The Morgan fingerprint density at radius 1 is 1.22 bits per heavy atom. The van der Waals surface area contributed by atoms with E-state index in [1.165, 1.54) is 18.4 Å². The lowest BCUT2D eigenvalue weighted by Crippen LogP contribution is -2.48. The van der Waals surface area contributed by atoms with E-state index in [0.29, 0.717) is 45.4 Å². The van der Waals surface area contributed by atoms with Crippen molar-refractivity contribution in [2.24, 2.45) is 10.7 Å². The summed E-state index contributed by atoms with van der Waals surface area (Å²) in [6.45, 7) is 5.42. The van der Waals surface area contributed by atoms with Gasteiger partial charge in [-0.25, -0.2) is 4.79 Å². The number of ether oxygens (including phenoxy) is 3. The minimum absolute atomic E-state index is 0. The van der Waals surface area contributed by atoms with Crippen molar-refractivity contribution in [1.29, 1.82) is 0 Å². The summed E-state index contributed by atoms with van der Waals surface area (Å²) in [5.41, 5.74) is 7.51. The van der Waals surface area contributed by atoms with E-state index in [1.807, 2.05) is 13.0 Å². The van der Waals surface area contributed by atoms with Crippen molar-refractivity contribution in [3.05, 3.63) is 23.8 Å². The van der Waals surface area contributed by atoms with Gasteiger partial charge >= 0.3 is 6.09 Å². The fourth-order valence-corrected chi connectivity index (χ4v) is 4.88. The highest BCUT2D eigenvalue weighted by Gasteiger charge is 2.36. The summed E-state index contributed by atoms with van der Waals surface area (Å²) in [6.07, 6.45) is 6.03. The molecule has 8 nitrogen and oxygen atoms in total.